The normalized spacial score (nSPS) is 11.0. The number of nitrogens with zero attached hydrogens (tertiary/aromatic N) is 2. The summed E-state index contributed by atoms with van der Waals surface area (Å²) in [6.45, 7) is 3.86. The van der Waals surface area contributed by atoms with Crippen LogP contribution in [0.3, 0.4) is 0 Å². The largest absolute Gasteiger partial charge is 0.486 e. The fourth-order valence-electron chi connectivity index (χ4n) is 2.71. The summed E-state index contributed by atoms with van der Waals surface area (Å²) in [5, 5.41) is 0.877. The predicted octanol–water partition coefficient (Wildman–Crippen LogP) is 4.86. The van der Waals surface area contributed by atoms with Crippen LogP contribution in [0.4, 0.5) is 10.5 Å². The lowest BCUT2D eigenvalue weighted by molar-refractivity contribution is -0.113. The van der Waals surface area contributed by atoms with Gasteiger partial charge in [-0.1, -0.05) is 18.2 Å². The Hall–Kier alpha value is -3.19. The molecular formula is C21H20N2O4S. The van der Waals surface area contributed by atoms with Crippen molar-refractivity contribution in [1.29, 1.82) is 0 Å². The maximum atomic E-state index is 12.3. The van der Waals surface area contributed by atoms with E-state index in [2.05, 4.69) is 4.98 Å². The van der Waals surface area contributed by atoms with Gasteiger partial charge in [0.25, 0.3) is 5.91 Å². The van der Waals surface area contributed by atoms with E-state index >= 15 is 0 Å². The quantitative estimate of drug-likeness (QED) is 0.576. The number of rotatable bonds is 5. The van der Waals surface area contributed by atoms with Gasteiger partial charge in [0.2, 0.25) is 0 Å². The van der Waals surface area contributed by atoms with E-state index in [-0.39, 0.29) is 0 Å². The Morgan fingerprint density at radius 3 is 2.68 bits per heavy atom. The Labute approximate surface area is 167 Å². The van der Waals surface area contributed by atoms with Crippen molar-refractivity contribution in [2.75, 3.05) is 12.0 Å². The Morgan fingerprint density at radius 2 is 2.00 bits per heavy atom. The van der Waals surface area contributed by atoms with Crippen LogP contribution in [0.1, 0.15) is 17.5 Å². The summed E-state index contributed by atoms with van der Waals surface area (Å²) in [4.78, 5) is 29.9. The van der Waals surface area contributed by atoms with Crippen molar-refractivity contribution in [2.45, 2.75) is 20.5 Å². The van der Waals surface area contributed by atoms with E-state index in [1.54, 1.807) is 49.5 Å². The first-order valence-electron chi connectivity index (χ1n) is 8.66. The molecule has 0 N–H and O–H groups in total. The number of hydrogen-bond donors (Lipinski definition) is 0. The van der Waals surface area contributed by atoms with Crippen LogP contribution in [-0.4, -0.2) is 24.1 Å². The molecule has 0 radical (unpaired) electrons. The number of carbonyl (C=O) groups excluding carboxylic acids is 2. The van der Waals surface area contributed by atoms with E-state index in [0.717, 1.165) is 20.1 Å². The first-order chi connectivity index (χ1) is 13.5. The molecule has 0 aliphatic rings. The number of aryl methyl sites for hydroxylation is 1. The number of allylic oxidation sites excluding steroid dienone is 1. The van der Waals surface area contributed by atoms with Crippen molar-refractivity contribution in [3.63, 3.8) is 0 Å². The molecule has 0 fully saturated rings. The summed E-state index contributed by atoms with van der Waals surface area (Å²) in [6, 6.07) is 13.1. The summed E-state index contributed by atoms with van der Waals surface area (Å²) >= 11 is 1.59. The minimum Gasteiger partial charge on any atom is -0.486 e. The molecule has 0 bridgehead atoms. The van der Waals surface area contributed by atoms with Crippen molar-refractivity contribution >= 4 is 39.2 Å². The summed E-state index contributed by atoms with van der Waals surface area (Å²) < 4.78 is 11.7. The molecule has 0 unspecified atom stereocenters. The number of benzene rings is 2. The lowest BCUT2D eigenvalue weighted by atomic mass is 10.1. The van der Waals surface area contributed by atoms with Crippen LogP contribution < -0.4 is 9.64 Å². The third-order valence-corrected chi connectivity index (χ3v) is 5.01. The van der Waals surface area contributed by atoms with Gasteiger partial charge in [0, 0.05) is 0 Å². The molecule has 2 aromatic carbocycles. The average molecular weight is 396 g/mol. The molecule has 1 aromatic heterocycles. The number of amides is 2. The number of anilines is 1. The Kier molecular flexibility index (Phi) is 6.06. The molecule has 0 spiro atoms. The molecule has 144 valence electrons. The van der Waals surface area contributed by atoms with Crippen LogP contribution in [0.15, 0.2) is 54.6 Å². The third kappa shape index (κ3) is 4.20. The lowest BCUT2D eigenvalue weighted by Crippen LogP contribution is -2.36. The molecule has 2 amide bonds. The van der Waals surface area contributed by atoms with Crippen LogP contribution in [0.25, 0.3) is 10.2 Å². The maximum absolute atomic E-state index is 12.3. The molecule has 3 rings (SSSR count). The molecule has 0 aliphatic heterocycles. The summed E-state index contributed by atoms with van der Waals surface area (Å²) in [5.74, 6) is 0.157. The van der Waals surface area contributed by atoms with Crippen LogP contribution in [0.5, 0.6) is 5.75 Å². The zero-order chi connectivity index (χ0) is 20.1. The van der Waals surface area contributed by atoms with E-state index in [9.17, 15) is 9.59 Å². The van der Waals surface area contributed by atoms with Crippen molar-refractivity contribution in [3.8, 4) is 5.75 Å². The molecule has 6 nitrogen and oxygen atoms in total. The van der Waals surface area contributed by atoms with Crippen LogP contribution in [-0.2, 0) is 16.1 Å². The number of fused-ring (bicyclic) bond motifs is 1. The molecule has 0 atom stereocenters. The summed E-state index contributed by atoms with van der Waals surface area (Å²) in [5.41, 5.74) is 2.11. The number of methoxy groups -OCH3 is 1. The van der Waals surface area contributed by atoms with Gasteiger partial charge in [-0.2, -0.15) is 0 Å². The number of ether oxygens (including phenoxy) is 2. The predicted molar refractivity (Wildman–Crippen MR) is 110 cm³/mol. The van der Waals surface area contributed by atoms with Crippen molar-refractivity contribution in [1.82, 2.24) is 4.98 Å². The number of carbonyl (C=O) groups is 2. The molecule has 0 aliphatic carbocycles. The molecule has 7 heteroatoms. The van der Waals surface area contributed by atoms with Crippen molar-refractivity contribution in [3.05, 3.63) is 65.2 Å². The molecule has 0 saturated carbocycles. The second kappa shape index (κ2) is 8.67. The number of imide groups is 1. The zero-order valence-corrected chi connectivity index (χ0v) is 16.7. The fraction of sp³-hybridized carbons (Fsp3) is 0.190. The molecule has 1 heterocycles. The highest BCUT2D eigenvalue weighted by atomic mass is 32.1. The van der Waals surface area contributed by atoms with Gasteiger partial charge < -0.3 is 9.47 Å². The number of aromatic nitrogens is 1. The number of thiazole rings is 1. The lowest BCUT2D eigenvalue weighted by Gasteiger charge is -2.20. The monoisotopic (exact) mass is 396 g/mol. The standard InChI is InChI=1S/C21H20N2O4S/c1-4-7-20(24)23(21(25)26-3)17-11-10-15(12-14(17)2)27-13-19-22-16-8-5-6-9-18(16)28-19/h4-12H,13H2,1-3H3/b7-4+. The van der Waals surface area contributed by atoms with Gasteiger partial charge in [-0.15, -0.1) is 11.3 Å². The highest BCUT2D eigenvalue weighted by Crippen LogP contribution is 2.27. The maximum Gasteiger partial charge on any atom is 0.421 e. The van der Waals surface area contributed by atoms with Crippen molar-refractivity contribution in [2.24, 2.45) is 0 Å². The van der Waals surface area contributed by atoms with E-state index in [1.807, 2.05) is 24.3 Å². The zero-order valence-electron chi connectivity index (χ0n) is 15.8. The number of hydrogen-bond acceptors (Lipinski definition) is 6. The third-order valence-electron chi connectivity index (χ3n) is 4.00. The van der Waals surface area contributed by atoms with E-state index < -0.39 is 12.0 Å². The SMILES string of the molecule is C/C=C/C(=O)N(C(=O)OC)c1ccc(OCc2nc3ccccc3s2)cc1C. The first-order valence-corrected chi connectivity index (χ1v) is 9.47. The molecule has 28 heavy (non-hydrogen) atoms. The molecular weight excluding hydrogens is 376 g/mol. The van der Waals surface area contributed by atoms with Gasteiger partial charge in [0.05, 0.1) is 23.0 Å². The summed E-state index contributed by atoms with van der Waals surface area (Å²) in [7, 11) is 1.24. The van der Waals surface area contributed by atoms with Gasteiger partial charge in [-0.25, -0.2) is 14.7 Å². The smallest absolute Gasteiger partial charge is 0.421 e. The van der Waals surface area contributed by atoms with Crippen LogP contribution >= 0.6 is 11.3 Å². The van der Waals surface area contributed by atoms with E-state index in [1.165, 1.54) is 13.2 Å². The molecule has 0 saturated heterocycles. The van der Waals surface area contributed by atoms with Gasteiger partial charge in [0.1, 0.15) is 17.4 Å². The van der Waals surface area contributed by atoms with E-state index in [4.69, 9.17) is 9.47 Å². The highest BCUT2D eigenvalue weighted by Gasteiger charge is 2.24. The minimum atomic E-state index is -0.741. The average Bonchev–Trinajstić information content (AvgIpc) is 3.11. The highest BCUT2D eigenvalue weighted by molar-refractivity contribution is 7.18. The van der Waals surface area contributed by atoms with Crippen molar-refractivity contribution < 1.29 is 19.1 Å². The Bertz CT molecular complexity index is 1010. The second-order valence-corrected chi connectivity index (χ2v) is 7.07. The van der Waals surface area contributed by atoms with E-state index in [0.29, 0.717) is 23.6 Å². The second-order valence-electron chi connectivity index (χ2n) is 5.96. The molecule has 3 aromatic rings. The van der Waals surface area contributed by atoms with Gasteiger partial charge in [-0.3, -0.25) is 4.79 Å². The van der Waals surface area contributed by atoms with Crippen LogP contribution in [0, 0.1) is 6.92 Å². The summed E-state index contributed by atoms with van der Waals surface area (Å²) in [6.07, 6.45) is 2.14. The van der Waals surface area contributed by atoms with Gasteiger partial charge >= 0.3 is 6.09 Å². The van der Waals surface area contributed by atoms with Crippen LogP contribution in [0.2, 0.25) is 0 Å². The minimum absolute atomic E-state index is 0.344. The van der Waals surface area contributed by atoms with Gasteiger partial charge in [0.15, 0.2) is 0 Å². The Balaban J connectivity index is 1.78. The first kappa shape index (κ1) is 19.6. The Morgan fingerprint density at radius 1 is 1.21 bits per heavy atom. The fourth-order valence-corrected chi connectivity index (χ4v) is 3.59. The topological polar surface area (TPSA) is 68.7 Å². The van der Waals surface area contributed by atoms with Gasteiger partial charge in [-0.05, 0) is 55.8 Å². The number of para-hydroxylation sites is 1.